The Bertz CT molecular complexity index is 954. The van der Waals surface area contributed by atoms with Crippen molar-refractivity contribution in [2.75, 3.05) is 34.6 Å². The van der Waals surface area contributed by atoms with Gasteiger partial charge in [0, 0.05) is 23.1 Å². The average molecular weight is 371 g/mol. The van der Waals surface area contributed by atoms with E-state index in [0.29, 0.717) is 41.5 Å². The number of hydrogen-bond acceptors (Lipinski definition) is 6. The molecule has 0 saturated heterocycles. The van der Waals surface area contributed by atoms with Crippen LogP contribution in [0.1, 0.15) is 28.8 Å². The summed E-state index contributed by atoms with van der Waals surface area (Å²) in [5.74, 6) is 2.26. The van der Waals surface area contributed by atoms with Crippen LogP contribution in [-0.4, -0.2) is 44.4 Å². The first-order valence-electron chi connectivity index (χ1n) is 8.93. The number of rotatable bonds is 2. The zero-order valence-electron chi connectivity index (χ0n) is 15.4. The molecule has 2 aliphatic heterocycles. The van der Waals surface area contributed by atoms with Crippen molar-refractivity contribution < 1.29 is 28.7 Å². The highest BCUT2D eigenvalue weighted by atomic mass is 16.7. The average Bonchev–Trinajstić information content (AvgIpc) is 3.12. The zero-order valence-corrected chi connectivity index (χ0v) is 15.4. The SMILES string of the molecule is COc1ccc2c(c1OC)[C@H](O)[C@@H]1c3c(cc4c(c3-2)OCO4)CC[N+]1(C)[O-]. The van der Waals surface area contributed by atoms with Crippen LogP contribution in [0.2, 0.25) is 0 Å². The molecule has 3 atom stereocenters. The van der Waals surface area contributed by atoms with Crippen LogP contribution in [0.15, 0.2) is 18.2 Å². The molecule has 27 heavy (non-hydrogen) atoms. The quantitative estimate of drug-likeness (QED) is 0.646. The Morgan fingerprint density at radius 1 is 1.19 bits per heavy atom. The lowest BCUT2D eigenvalue weighted by atomic mass is 9.74. The van der Waals surface area contributed by atoms with E-state index in [4.69, 9.17) is 18.9 Å². The Kier molecular flexibility index (Phi) is 3.40. The molecule has 2 heterocycles. The molecule has 0 radical (unpaired) electrons. The summed E-state index contributed by atoms with van der Waals surface area (Å²) in [6.07, 6.45) is -0.385. The largest absolute Gasteiger partial charge is 0.632 e. The highest BCUT2D eigenvalue weighted by Crippen LogP contribution is 2.60. The summed E-state index contributed by atoms with van der Waals surface area (Å²) in [7, 11) is 4.70. The van der Waals surface area contributed by atoms with Gasteiger partial charge in [-0.3, -0.25) is 0 Å². The topological polar surface area (TPSA) is 80.2 Å². The molecule has 1 unspecified atom stereocenters. The van der Waals surface area contributed by atoms with Gasteiger partial charge >= 0.3 is 0 Å². The second kappa shape index (κ2) is 5.51. The van der Waals surface area contributed by atoms with E-state index >= 15 is 0 Å². The zero-order chi connectivity index (χ0) is 18.9. The minimum Gasteiger partial charge on any atom is -0.632 e. The summed E-state index contributed by atoms with van der Waals surface area (Å²) in [5, 5.41) is 24.7. The number of methoxy groups -OCH3 is 2. The van der Waals surface area contributed by atoms with Gasteiger partial charge in [-0.2, -0.15) is 0 Å². The van der Waals surface area contributed by atoms with Crippen molar-refractivity contribution in [3.05, 3.63) is 40.1 Å². The molecule has 0 aromatic heterocycles. The number of hydrogen-bond donors (Lipinski definition) is 1. The molecule has 142 valence electrons. The highest BCUT2D eigenvalue weighted by Gasteiger charge is 2.48. The maximum absolute atomic E-state index is 13.3. The van der Waals surface area contributed by atoms with Crippen LogP contribution < -0.4 is 18.9 Å². The van der Waals surface area contributed by atoms with E-state index in [2.05, 4.69) is 0 Å². The van der Waals surface area contributed by atoms with Crippen LogP contribution in [0.4, 0.5) is 0 Å². The van der Waals surface area contributed by atoms with Crippen LogP contribution in [0.5, 0.6) is 23.0 Å². The molecule has 0 bridgehead atoms. The van der Waals surface area contributed by atoms with E-state index in [1.165, 1.54) is 7.11 Å². The van der Waals surface area contributed by atoms with E-state index in [0.717, 1.165) is 22.3 Å². The Balaban J connectivity index is 1.91. The highest BCUT2D eigenvalue weighted by molar-refractivity contribution is 5.86. The number of aliphatic hydroxyl groups is 1. The molecule has 0 spiro atoms. The first-order valence-corrected chi connectivity index (χ1v) is 8.93. The maximum atomic E-state index is 13.3. The van der Waals surface area contributed by atoms with Crippen molar-refractivity contribution in [3.8, 4) is 34.1 Å². The lowest BCUT2D eigenvalue weighted by Crippen LogP contribution is -2.49. The molecule has 1 N–H and O–H groups in total. The van der Waals surface area contributed by atoms with E-state index in [1.54, 1.807) is 20.2 Å². The van der Waals surface area contributed by atoms with Crippen molar-refractivity contribution in [2.24, 2.45) is 0 Å². The number of benzene rings is 2. The number of aliphatic hydroxyl groups excluding tert-OH is 1. The third-order valence-corrected chi connectivity index (χ3v) is 5.95. The Labute approximate surface area is 156 Å². The minimum absolute atomic E-state index is 0.143. The van der Waals surface area contributed by atoms with Crippen molar-refractivity contribution in [3.63, 3.8) is 0 Å². The molecule has 0 fully saturated rings. The molecule has 2 aromatic carbocycles. The van der Waals surface area contributed by atoms with Gasteiger partial charge in [-0.05, 0) is 29.3 Å². The third kappa shape index (κ3) is 2.07. The molecule has 0 saturated carbocycles. The lowest BCUT2D eigenvalue weighted by molar-refractivity contribution is -0.899. The molecular formula is C20H21NO6. The molecule has 3 aliphatic rings. The van der Waals surface area contributed by atoms with E-state index in [1.807, 2.05) is 12.1 Å². The van der Waals surface area contributed by atoms with Gasteiger partial charge in [0.1, 0.15) is 12.1 Å². The molecule has 1 aliphatic carbocycles. The maximum Gasteiger partial charge on any atom is 0.231 e. The van der Waals surface area contributed by atoms with E-state index in [-0.39, 0.29) is 6.79 Å². The summed E-state index contributed by atoms with van der Waals surface area (Å²) in [4.78, 5) is 0. The second-order valence-electron chi connectivity index (χ2n) is 7.36. The smallest absolute Gasteiger partial charge is 0.231 e. The summed E-state index contributed by atoms with van der Waals surface area (Å²) in [6.45, 7) is 0.528. The number of nitrogens with zero attached hydrogens (tertiary/aromatic N) is 1. The van der Waals surface area contributed by atoms with Gasteiger partial charge in [-0.15, -0.1) is 0 Å². The van der Waals surface area contributed by atoms with Crippen molar-refractivity contribution in [1.29, 1.82) is 0 Å². The molecule has 7 nitrogen and oxygen atoms in total. The van der Waals surface area contributed by atoms with Crippen LogP contribution in [-0.2, 0) is 6.42 Å². The van der Waals surface area contributed by atoms with Gasteiger partial charge < -0.3 is 33.9 Å². The predicted octanol–water partition coefficient (Wildman–Crippen LogP) is 2.69. The molecule has 0 amide bonds. The Morgan fingerprint density at radius 3 is 2.74 bits per heavy atom. The van der Waals surface area contributed by atoms with Crippen molar-refractivity contribution in [1.82, 2.24) is 0 Å². The summed E-state index contributed by atoms with van der Waals surface area (Å²) in [5.41, 5.74) is 4.06. The fraction of sp³-hybridized carbons (Fsp3) is 0.400. The summed E-state index contributed by atoms with van der Waals surface area (Å²) in [6, 6.07) is 4.98. The molecule has 5 rings (SSSR count). The van der Waals surface area contributed by atoms with Gasteiger partial charge in [0.25, 0.3) is 0 Å². The normalized spacial score (nSPS) is 27.0. The number of ether oxygens (including phenoxy) is 4. The number of hydroxylamine groups is 3. The first kappa shape index (κ1) is 16.7. The van der Waals surface area contributed by atoms with Crippen molar-refractivity contribution in [2.45, 2.75) is 18.6 Å². The fourth-order valence-corrected chi connectivity index (χ4v) is 4.75. The third-order valence-electron chi connectivity index (χ3n) is 5.95. The molecule has 7 heteroatoms. The van der Waals surface area contributed by atoms with Crippen LogP contribution in [0.25, 0.3) is 11.1 Å². The molecular weight excluding hydrogens is 350 g/mol. The van der Waals surface area contributed by atoms with Gasteiger partial charge in [-0.1, -0.05) is 0 Å². The monoisotopic (exact) mass is 371 g/mol. The first-order chi connectivity index (χ1) is 13.0. The van der Waals surface area contributed by atoms with Gasteiger partial charge in [0.05, 0.1) is 27.8 Å². The van der Waals surface area contributed by atoms with Crippen LogP contribution in [0, 0.1) is 5.21 Å². The van der Waals surface area contributed by atoms with Crippen LogP contribution >= 0.6 is 0 Å². The second-order valence-corrected chi connectivity index (χ2v) is 7.36. The minimum atomic E-state index is -1.01. The number of likely N-dealkylation sites (N-methyl/N-ethyl adjacent to an activating group) is 1. The van der Waals surface area contributed by atoms with Crippen molar-refractivity contribution >= 4 is 0 Å². The standard InChI is InChI=1S/C20H21NO6/c1-21(23)7-6-10-8-13-20(27-9-26-13)15-11-4-5-12(24-2)19(25-3)16(11)18(22)17(21)14(10)15/h4-5,8,17-18,22H,6-7,9H2,1-3H3/t17-,18-,21?/m0/s1. The van der Waals surface area contributed by atoms with E-state index < -0.39 is 16.8 Å². The van der Waals surface area contributed by atoms with Gasteiger partial charge in [0.15, 0.2) is 23.0 Å². The lowest BCUT2D eigenvalue weighted by Gasteiger charge is -2.52. The summed E-state index contributed by atoms with van der Waals surface area (Å²) >= 11 is 0. The Hall–Kier alpha value is -2.48. The van der Waals surface area contributed by atoms with Crippen LogP contribution in [0.3, 0.4) is 0 Å². The van der Waals surface area contributed by atoms with Gasteiger partial charge in [-0.25, -0.2) is 0 Å². The Morgan fingerprint density at radius 2 is 2.00 bits per heavy atom. The number of quaternary nitrogens is 1. The predicted molar refractivity (Wildman–Crippen MR) is 96.9 cm³/mol. The number of fused-ring (bicyclic) bond motifs is 4. The molecule has 2 aromatic rings. The summed E-state index contributed by atoms with van der Waals surface area (Å²) < 4.78 is 21.9. The van der Waals surface area contributed by atoms with E-state index in [9.17, 15) is 10.3 Å². The fourth-order valence-electron chi connectivity index (χ4n) is 4.75. The van der Waals surface area contributed by atoms with Gasteiger partial charge in [0.2, 0.25) is 6.79 Å².